The van der Waals surface area contributed by atoms with E-state index in [0.717, 1.165) is 24.0 Å². The van der Waals surface area contributed by atoms with Gasteiger partial charge in [0.2, 0.25) is 0 Å². The molecule has 0 aliphatic carbocycles. The lowest BCUT2D eigenvalue weighted by atomic mass is 10.3. The molecule has 1 amide bonds. The zero-order valence-electron chi connectivity index (χ0n) is 9.28. The summed E-state index contributed by atoms with van der Waals surface area (Å²) in [5.41, 5.74) is 0.716. The second-order valence-electron chi connectivity index (χ2n) is 3.91. The Kier molecular flexibility index (Phi) is 3.66. The van der Waals surface area contributed by atoms with Crippen LogP contribution in [-0.2, 0) is 11.8 Å². The van der Waals surface area contributed by atoms with E-state index in [1.165, 1.54) is 0 Å². The summed E-state index contributed by atoms with van der Waals surface area (Å²) in [5.74, 6) is 0.0821. The third-order valence-electron chi connectivity index (χ3n) is 2.70. The molecule has 0 saturated carbocycles. The fourth-order valence-electron chi connectivity index (χ4n) is 1.85. The highest BCUT2D eigenvalue weighted by Gasteiger charge is 2.19. The van der Waals surface area contributed by atoms with Crippen LogP contribution in [0.25, 0.3) is 0 Å². The lowest BCUT2D eigenvalue weighted by Crippen LogP contribution is -2.34. The van der Waals surface area contributed by atoms with Crippen LogP contribution in [0.3, 0.4) is 0 Å². The minimum atomic E-state index is 0.0821. The highest BCUT2D eigenvalue weighted by atomic mass is 79.9. The molecule has 0 N–H and O–H groups in total. The van der Waals surface area contributed by atoms with Crippen molar-refractivity contribution in [1.29, 1.82) is 0 Å². The van der Waals surface area contributed by atoms with Gasteiger partial charge >= 0.3 is 0 Å². The Bertz CT molecular complexity index is 381. The first-order valence-corrected chi connectivity index (χ1v) is 6.16. The van der Waals surface area contributed by atoms with E-state index in [0.29, 0.717) is 18.8 Å². The van der Waals surface area contributed by atoms with Crippen molar-refractivity contribution in [3.63, 3.8) is 0 Å². The molecule has 1 aromatic heterocycles. The molecule has 0 unspecified atom stereocenters. The van der Waals surface area contributed by atoms with Gasteiger partial charge in [0.1, 0.15) is 5.69 Å². The second kappa shape index (κ2) is 5.01. The molecule has 0 radical (unpaired) electrons. The van der Waals surface area contributed by atoms with Crippen LogP contribution < -0.4 is 0 Å². The van der Waals surface area contributed by atoms with Crippen LogP contribution in [0, 0.1) is 0 Å². The molecule has 88 valence electrons. The Balaban J connectivity index is 2.14. The standard InChI is InChI=1S/C11H15BrN2O2/c1-13-8-9(12)7-10(13)11(15)14-3-2-5-16-6-4-14/h7-8H,2-6H2,1H3. The van der Waals surface area contributed by atoms with Crippen molar-refractivity contribution in [2.45, 2.75) is 6.42 Å². The SMILES string of the molecule is Cn1cc(Br)cc1C(=O)N1CCCOCC1. The van der Waals surface area contributed by atoms with Crippen molar-refractivity contribution >= 4 is 21.8 Å². The van der Waals surface area contributed by atoms with Crippen molar-refractivity contribution in [1.82, 2.24) is 9.47 Å². The quantitative estimate of drug-likeness (QED) is 0.787. The average Bonchev–Trinajstić information content (AvgIpc) is 2.49. The van der Waals surface area contributed by atoms with Crippen LogP contribution in [0.1, 0.15) is 16.9 Å². The average molecular weight is 287 g/mol. The first kappa shape index (κ1) is 11.7. The van der Waals surface area contributed by atoms with Gasteiger partial charge in [-0.2, -0.15) is 0 Å². The molecule has 16 heavy (non-hydrogen) atoms. The predicted molar refractivity (Wildman–Crippen MR) is 64.5 cm³/mol. The van der Waals surface area contributed by atoms with Gasteiger partial charge in [0.25, 0.3) is 5.91 Å². The fourth-order valence-corrected chi connectivity index (χ4v) is 2.37. The third-order valence-corrected chi connectivity index (χ3v) is 3.13. The van der Waals surface area contributed by atoms with Gasteiger partial charge in [0, 0.05) is 37.4 Å². The van der Waals surface area contributed by atoms with E-state index in [2.05, 4.69) is 15.9 Å². The van der Waals surface area contributed by atoms with E-state index >= 15 is 0 Å². The van der Waals surface area contributed by atoms with Crippen molar-refractivity contribution in [2.75, 3.05) is 26.3 Å². The molecular weight excluding hydrogens is 272 g/mol. The van der Waals surface area contributed by atoms with Gasteiger partial charge in [0.05, 0.1) is 6.61 Å². The number of amides is 1. The highest BCUT2D eigenvalue weighted by molar-refractivity contribution is 9.10. The summed E-state index contributed by atoms with van der Waals surface area (Å²) in [6.07, 6.45) is 2.80. The summed E-state index contributed by atoms with van der Waals surface area (Å²) in [4.78, 5) is 14.1. The third kappa shape index (κ3) is 2.47. The Morgan fingerprint density at radius 3 is 2.94 bits per heavy atom. The van der Waals surface area contributed by atoms with Crippen LogP contribution in [0.15, 0.2) is 16.7 Å². The number of ether oxygens (including phenoxy) is 1. The molecule has 1 fully saturated rings. The summed E-state index contributed by atoms with van der Waals surface area (Å²) in [6.45, 7) is 2.85. The largest absolute Gasteiger partial charge is 0.380 e. The Labute approximate surface area is 103 Å². The first-order valence-electron chi connectivity index (χ1n) is 5.37. The summed E-state index contributed by atoms with van der Waals surface area (Å²) in [6, 6.07) is 1.86. The molecule has 2 rings (SSSR count). The number of hydrogen-bond donors (Lipinski definition) is 0. The van der Waals surface area contributed by atoms with E-state index in [9.17, 15) is 4.79 Å². The van der Waals surface area contributed by atoms with Crippen LogP contribution in [0.2, 0.25) is 0 Å². The molecule has 1 aromatic rings. The van der Waals surface area contributed by atoms with Crippen molar-refractivity contribution in [2.24, 2.45) is 7.05 Å². The number of aryl methyl sites for hydroxylation is 1. The minimum absolute atomic E-state index is 0.0821. The summed E-state index contributed by atoms with van der Waals surface area (Å²) in [5, 5.41) is 0. The van der Waals surface area contributed by atoms with Gasteiger partial charge in [-0.25, -0.2) is 0 Å². The van der Waals surface area contributed by atoms with Gasteiger partial charge in [-0.3, -0.25) is 4.79 Å². The lowest BCUT2D eigenvalue weighted by molar-refractivity contribution is 0.0732. The summed E-state index contributed by atoms with van der Waals surface area (Å²) in [7, 11) is 1.88. The Morgan fingerprint density at radius 2 is 2.25 bits per heavy atom. The predicted octanol–water partition coefficient (Wildman–Crippen LogP) is 1.65. The highest BCUT2D eigenvalue weighted by Crippen LogP contribution is 2.16. The van der Waals surface area contributed by atoms with Crippen molar-refractivity contribution in [3.8, 4) is 0 Å². The second-order valence-corrected chi connectivity index (χ2v) is 4.83. The van der Waals surface area contributed by atoms with Gasteiger partial charge in [-0.15, -0.1) is 0 Å². The molecule has 1 aliphatic rings. The van der Waals surface area contributed by atoms with Gasteiger partial charge in [-0.05, 0) is 28.4 Å². The molecule has 0 bridgehead atoms. The number of carbonyl (C=O) groups is 1. The van der Waals surface area contributed by atoms with Gasteiger partial charge in [0.15, 0.2) is 0 Å². The Hall–Kier alpha value is -0.810. The number of hydrogen-bond acceptors (Lipinski definition) is 2. The molecule has 1 aliphatic heterocycles. The smallest absolute Gasteiger partial charge is 0.270 e. The van der Waals surface area contributed by atoms with Crippen molar-refractivity contribution in [3.05, 3.63) is 22.4 Å². The van der Waals surface area contributed by atoms with Crippen LogP contribution in [0.5, 0.6) is 0 Å². The zero-order chi connectivity index (χ0) is 11.5. The molecule has 0 spiro atoms. The summed E-state index contributed by atoms with van der Waals surface area (Å²) >= 11 is 3.37. The number of nitrogens with zero attached hydrogens (tertiary/aromatic N) is 2. The molecule has 4 nitrogen and oxygen atoms in total. The van der Waals surface area contributed by atoms with E-state index in [-0.39, 0.29) is 5.91 Å². The van der Waals surface area contributed by atoms with E-state index in [1.54, 1.807) is 0 Å². The minimum Gasteiger partial charge on any atom is -0.380 e. The first-order chi connectivity index (χ1) is 7.68. The molecule has 1 saturated heterocycles. The van der Waals surface area contributed by atoms with E-state index < -0.39 is 0 Å². The number of aromatic nitrogens is 1. The molecular formula is C11H15BrN2O2. The van der Waals surface area contributed by atoms with Gasteiger partial charge < -0.3 is 14.2 Å². The lowest BCUT2D eigenvalue weighted by Gasteiger charge is -2.19. The number of halogens is 1. The molecule has 0 atom stereocenters. The fraction of sp³-hybridized carbons (Fsp3) is 0.545. The molecule has 5 heteroatoms. The monoisotopic (exact) mass is 286 g/mol. The molecule has 2 heterocycles. The summed E-state index contributed by atoms with van der Waals surface area (Å²) < 4.78 is 8.12. The maximum Gasteiger partial charge on any atom is 0.270 e. The zero-order valence-corrected chi connectivity index (χ0v) is 10.9. The maximum absolute atomic E-state index is 12.2. The van der Waals surface area contributed by atoms with Crippen LogP contribution in [-0.4, -0.2) is 41.7 Å². The normalized spacial score (nSPS) is 17.2. The van der Waals surface area contributed by atoms with E-state index in [1.807, 2.05) is 28.8 Å². The molecule has 0 aromatic carbocycles. The Morgan fingerprint density at radius 1 is 1.44 bits per heavy atom. The number of rotatable bonds is 1. The van der Waals surface area contributed by atoms with Crippen LogP contribution >= 0.6 is 15.9 Å². The number of carbonyl (C=O) groups excluding carboxylic acids is 1. The topological polar surface area (TPSA) is 34.5 Å². The van der Waals surface area contributed by atoms with Gasteiger partial charge in [-0.1, -0.05) is 0 Å². The van der Waals surface area contributed by atoms with Crippen LogP contribution in [0.4, 0.5) is 0 Å². The van der Waals surface area contributed by atoms with Crippen molar-refractivity contribution < 1.29 is 9.53 Å². The maximum atomic E-state index is 12.2. The van der Waals surface area contributed by atoms with E-state index in [4.69, 9.17) is 4.74 Å².